The van der Waals surface area contributed by atoms with Crippen LogP contribution in [0.4, 0.5) is 0 Å². The van der Waals surface area contributed by atoms with Crippen molar-refractivity contribution in [3.8, 4) is 0 Å². The van der Waals surface area contributed by atoms with E-state index in [9.17, 15) is 13.2 Å². The molecule has 8 heteroatoms. The number of nitrogens with zero attached hydrogens (tertiary/aromatic N) is 2. The maximum atomic E-state index is 12.8. The number of amides is 1. The van der Waals surface area contributed by atoms with Gasteiger partial charge in [0.1, 0.15) is 0 Å². The van der Waals surface area contributed by atoms with Crippen molar-refractivity contribution in [2.75, 3.05) is 39.4 Å². The maximum Gasteiger partial charge on any atom is 0.289 e. The van der Waals surface area contributed by atoms with Crippen LogP contribution in [0.25, 0.3) is 0 Å². The molecule has 156 valence electrons. The Bertz CT molecular complexity index is 927. The zero-order chi connectivity index (χ0) is 20.3. The van der Waals surface area contributed by atoms with Gasteiger partial charge in [0.25, 0.3) is 15.9 Å². The topological polar surface area (TPSA) is 80.1 Å². The Kier molecular flexibility index (Phi) is 6.03. The molecule has 0 aliphatic carbocycles. The number of likely N-dealkylation sites (tertiary alicyclic amines) is 1. The fourth-order valence-corrected chi connectivity index (χ4v) is 5.25. The van der Waals surface area contributed by atoms with Gasteiger partial charge in [0, 0.05) is 26.2 Å². The normalized spacial score (nSPS) is 19.4. The molecule has 2 aliphatic rings. The summed E-state index contributed by atoms with van der Waals surface area (Å²) >= 11 is 0. The minimum Gasteiger partial charge on any atom is -0.438 e. The van der Waals surface area contributed by atoms with E-state index >= 15 is 0 Å². The lowest BCUT2D eigenvalue weighted by atomic mass is 9.90. The number of ether oxygens (including phenoxy) is 1. The van der Waals surface area contributed by atoms with E-state index in [0.29, 0.717) is 45.3 Å². The molecule has 0 N–H and O–H groups in total. The molecular weight excluding hydrogens is 392 g/mol. The fourth-order valence-electron chi connectivity index (χ4n) is 3.93. The van der Waals surface area contributed by atoms with E-state index in [-0.39, 0.29) is 16.8 Å². The maximum absolute atomic E-state index is 12.8. The van der Waals surface area contributed by atoms with Crippen molar-refractivity contribution >= 4 is 15.9 Å². The van der Waals surface area contributed by atoms with Gasteiger partial charge < -0.3 is 14.1 Å². The van der Waals surface area contributed by atoms with Crippen LogP contribution in [-0.2, 0) is 21.2 Å². The summed E-state index contributed by atoms with van der Waals surface area (Å²) in [4.78, 5) is 14.5. The van der Waals surface area contributed by atoms with Crippen molar-refractivity contribution in [3.63, 3.8) is 0 Å². The van der Waals surface area contributed by atoms with Crippen LogP contribution in [0.3, 0.4) is 0 Å². The smallest absolute Gasteiger partial charge is 0.289 e. The first kappa shape index (κ1) is 20.1. The molecule has 7 nitrogen and oxygen atoms in total. The molecule has 2 fully saturated rings. The van der Waals surface area contributed by atoms with Gasteiger partial charge >= 0.3 is 0 Å². The second kappa shape index (κ2) is 8.69. The molecule has 1 aromatic carbocycles. The van der Waals surface area contributed by atoms with Gasteiger partial charge in [-0.2, -0.15) is 4.31 Å². The summed E-state index contributed by atoms with van der Waals surface area (Å²) in [5, 5.41) is -0.179. The number of carbonyl (C=O) groups excluding carboxylic acids is 1. The number of carbonyl (C=O) groups is 1. The highest BCUT2D eigenvalue weighted by molar-refractivity contribution is 7.89. The van der Waals surface area contributed by atoms with Gasteiger partial charge in [-0.15, -0.1) is 0 Å². The summed E-state index contributed by atoms with van der Waals surface area (Å²) in [6, 6.07) is 13.2. The second-order valence-electron chi connectivity index (χ2n) is 7.56. The van der Waals surface area contributed by atoms with Crippen LogP contribution in [0, 0.1) is 5.92 Å². The predicted molar refractivity (Wildman–Crippen MR) is 107 cm³/mol. The van der Waals surface area contributed by atoms with E-state index in [1.807, 2.05) is 18.2 Å². The fraction of sp³-hybridized carbons (Fsp3) is 0.476. The predicted octanol–water partition coefficient (Wildman–Crippen LogP) is 2.40. The standard InChI is InChI=1S/C21H26N2O5S/c24-21(22-10-8-18(9-11-22)16-17-4-2-1-3-5-17)19-6-7-20(28-19)29(25,26)23-12-14-27-15-13-23/h1-7,18H,8-16H2. The quantitative estimate of drug-likeness (QED) is 0.745. The van der Waals surface area contributed by atoms with Gasteiger partial charge in [-0.05, 0) is 42.9 Å². The molecule has 0 atom stereocenters. The van der Waals surface area contributed by atoms with Crippen molar-refractivity contribution in [1.82, 2.24) is 9.21 Å². The molecule has 1 amide bonds. The molecule has 0 unspecified atom stereocenters. The van der Waals surface area contributed by atoms with Crippen molar-refractivity contribution < 1.29 is 22.4 Å². The molecule has 2 aromatic rings. The van der Waals surface area contributed by atoms with Crippen LogP contribution >= 0.6 is 0 Å². The third kappa shape index (κ3) is 4.55. The Morgan fingerprint density at radius 1 is 0.966 bits per heavy atom. The Labute approximate surface area is 171 Å². The van der Waals surface area contributed by atoms with Crippen LogP contribution in [-0.4, -0.2) is 62.9 Å². The Morgan fingerprint density at radius 2 is 1.66 bits per heavy atom. The van der Waals surface area contributed by atoms with Crippen molar-refractivity contribution in [2.24, 2.45) is 5.92 Å². The molecule has 3 heterocycles. The lowest BCUT2D eigenvalue weighted by Crippen LogP contribution is -2.40. The van der Waals surface area contributed by atoms with Gasteiger partial charge in [-0.1, -0.05) is 30.3 Å². The zero-order valence-electron chi connectivity index (χ0n) is 16.3. The van der Waals surface area contributed by atoms with Gasteiger partial charge in [0.2, 0.25) is 5.09 Å². The number of sulfonamides is 1. The van der Waals surface area contributed by atoms with Crippen LogP contribution in [0.5, 0.6) is 0 Å². The zero-order valence-corrected chi connectivity index (χ0v) is 17.1. The highest BCUT2D eigenvalue weighted by Gasteiger charge is 2.31. The largest absolute Gasteiger partial charge is 0.438 e. The molecule has 0 saturated carbocycles. The average molecular weight is 419 g/mol. The lowest BCUT2D eigenvalue weighted by Gasteiger charge is -2.31. The van der Waals surface area contributed by atoms with Crippen molar-refractivity contribution in [2.45, 2.75) is 24.4 Å². The highest BCUT2D eigenvalue weighted by atomic mass is 32.2. The number of furan rings is 1. The highest BCUT2D eigenvalue weighted by Crippen LogP contribution is 2.25. The van der Waals surface area contributed by atoms with E-state index in [4.69, 9.17) is 9.15 Å². The first-order chi connectivity index (χ1) is 14.0. The van der Waals surface area contributed by atoms with E-state index in [1.54, 1.807) is 4.90 Å². The lowest BCUT2D eigenvalue weighted by molar-refractivity contribution is 0.0648. The van der Waals surface area contributed by atoms with E-state index in [2.05, 4.69) is 12.1 Å². The summed E-state index contributed by atoms with van der Waals surface area (Å²) in [6.07, 6.45) is 2.88. The van der Waals surface area contributed by atoms with Crippen LogP contribution < -0.4 is 0 Å². The third-order valence-electron chi connectivity index (χ3n) is 5.63. The van der Waals surface area contributed by atoms with Gasteiger partial charge in [0.15, 0.2) is 5.76 Å². The third-order valence-corrected chi connectivity index (χ3v) is 7.40. The Hall–Kier alpha value is -2.16. The number of hydrogen-bond donors (Lipinski definition) is 0. The number of benzene rings is 1. The molecule has 2 saturated heterocycles. The van der Waals surface area contributed by atoms with Gasteiger partial charge in [-0.3, -0.25) is 4.79 Å². The van der Waals surface area contributed by atoms with E-state index in [0.717, 1.165) is 19.3 Å². The number of rotatable bonds is 5. The Balaban J connectivity index is 1.36. The van der Waals surface area contributed by atoms with E-state index < -0.39 is 10.0 Å². The second-order valence-corrected chi connectivity index (χ2v) is 9.43. The number of hydrogen-bond acceptors (Lipinski definition) is 5. The number of piperidine rings is 1. The SMILES string of the molecule is O=C(c1ccc(S(=O)(=O)N2CCOCC2)o1)N1CCC(Cc2ccccc2)CC1. The first-order valence-electron chi connectivity index (χ1n) is 10.0. The van der Waals surface area contributed by atoms with Crippen molar-refractivity contribution in [1.29, 1.82) is 0 Å². The monoisotopic (exact) mass is 418 g/mol. The Morgan fingerprint density at radius 3 is 2.34 bits per heavy atom. The molecular formula is C21H26N2O5S. The molecule has 4 rings (SSSR count). The summed E-state index contributed by atoms with van der Waals surface area (Å²) in [5.74, 6) is 0.389. The average Bonchev–Trinajstić information content (AvgIpc) is 3.26. The van der Waals surface area contributed by atoms with Gasteiger partial charge in [0.05, 0.1) is 13.2 Å². The first-order valence-corrected chi connectivity index (χ1v) is 11.5. The minimum absolute atomic E-state index is 0.0818. The molecule has 0 radical (unpaired) electrons. The number of morpholine rings is 1. The van der Waals surface area contributed by atoms with Crippen LogP contribution in [0.2, 0.25) is 0 Å². The summed E-state index contributed by atoms with van der Waals surface area (Å²) in [5.41, 5.74) is 1.32. The molecule has 2 aliphatic heterocycles. The molecule has 0 bridgehead atoms. The summed E-state index contributed by atoms with van der Waals surface area (Å²) < 4.78 is 37.3. The van der Waals surface area contributed by atoms with Gasteiger partial charge in [-0.25, -0.2) is 8.42 Å². The molecule has 0 spiro atoms. The molecule has 29 heavy (non-hydrogen) atoms. The minimum atomic E-state index is -3.73. The summed E-state index contributed by atoms with van der Waals surface area (Å²) in [6.45, 7) is 2.63. The molecule has 1 aromatic heterocycles. The van der Waals surface area contributed by atoms with Crippen LogP contribution in [0.1, 0.15) is 29.0 Å². The van der Waals surface area contributed by atoms with Crippen LogP contribution in [0.15, 0.2) is 52.0 Å². The van der Waals surface area contributed by atoms with E-state index in [1.165, 1.54) is 22.0 Å². The van der Waals surface area contributed by atoms with Crippen molar-refractivity contribution in [3.05, 3.63) is 53.8 Å². The summed E-state index contributed by atoms with van der Waals surface area (Å²) in [7, 11) is -3.73.